The minimum atomic E-state index is -2.03. The van der Waals surface area contributed by atoms with Gasteiger partial charge in [-0.1, -0.05) is 43.7 Å². The largest absolute Gasteiger partial charge is 0.458 e. The molecule has 3 unspecified atom stereocenters. The van der Waals surface area contributed by atoms with Crippen LogP contribution in [-0.4, -0.2) is 118 Å². The Labute approximate surface area is 452 Å². The summed E-state index contributed by atoms with van der Waals surface area (Å²) >= 11 is 0. The van der Waals surface area contributed by atoms with Crippen LogP contribution in [0.3, 0.4) is 0 Å². The monoisotopic (exact) mass is 1090 g/mol. The summed E-state index contributed by atoms with van der Waals surface area (Å²) in [5.74, 6) is -6.11. The van der Waals surface area contributed by atoms with Crippen LogP contribution in [0.2, 0.25) is 0 Å². The summed E-state index contributed by atoms with van der Waals surface area (Å²) in [5.41, 5.74) is 2.33. The van der Waals surface area contributed by atoms with Crippen molar-refractivity contribution in [1.29, 1.82) is 0 Å². The highest BCUT2D eigenvalue weighted by Gasteiger charge is 2.46. The number of imide groups is 1. The fourth-order valence-corrected chi connectivity index (χ4v) is 11.0. The zero-order valence-electron chi connectivity index (χ0n) is 43.7. The van der Waals surface area contributed by atoms with E-state index in [0.717, 1.165) is 16.0 Å². The zero-order chi connectivity index (χ0) is 56.1. The van der Waals surface area contributed by atoms with Gasteiger partial charge in [0.25, 0.3) is 23.3 Å². The summed E-state index contributed by atoms with van der Waals surface area (Å²) in [6.07, 6.45) is 5.91. The molecule has 0 saturated heterocycles. The Balaban J connectivity index is 0.736. The molecule has 6 N–H and O–H groups in total. The van der Waals surface area contributed by atoms with Crippen LogP contribution < -0.4 is 32.1 Å². The molecule has 7 amide bonds. The molecule has 5 heterocycles. The van der Waals surface area contributed by atoms with E-state index >= 15 is 4.39 Å². The number of cyclic esters (lactones) is 1. The molecule has 0 radical (unpaired) electrons. The van der Waals surface area contributed by atoms with Gasteiger partial charge in [0.1, 0.15) is 31.7 Å². The van der Waals surface area contributed by atoms with Crippen molar-refractivity contribution in [3.05, 3.63) is 110 Å². The molecule has 1 saturated carbocycles. The maximum atomic E-state index is 15.5. The van der Waals surface area contributed by atoms with Gasteiger partial charge in [-0.25, -0.2) is 14.2 Å². The van der Waals surface area contributed by atoms with Crippen LogP contribution in [0.1, 0.15) is 110 Å². The lowest BCUT2D eigenvalue weighted by Gasteiger charge is -2.31. The quantitative estimate of drug-likeness (QED) is 0.0250. The summed E-state index contributed by atoms with van der Waals surface area (Å²) in [6.45, 7) is 1.42. The molecule has 2 aromatic carbocycles. The molecule has 5 atom stereocenters. The predicted octanol–water partition coefficient (Wildman–Crippen LogP) is 1.88. The molecule has 23 heteroatoms. The maximum absolute atomic E-state index is 15.5. The van der Waals surface area contributed by atoms with Crippen molar-refractivity contribution in [2.75, 3.05) is 33.0 Å². The second-order valence-corrected chi connectivity index (χ2v) is 20.4. The van der Waals surface area contributed by atoms with Gasteiger partial charge in [-0.2, -0.15) is 0 Å². The number of aromatic nitrogens is 2. The van der Waals surface area contributed by atoms with E-state index < -0.39 is 90.2 Å². The van der Waals surface area contributed by atoms with E-state index in [1.54, 1.807) is 50.2 Å². The Kier molecular flexibility index (Phi) is 16.8. The van der Waals surface area contributed by atoms with Gasteiger partial charge in [-0.15, -0.1) is 0 Å². The highest BCUT2D eigenvalue weighted by Crippen LogP contribution is 2.46. The molecule has 5 aliphatic rings. The number of hydrogen-bond donors (Lipinski definition) is 6. The highest BCUT2D eigenvalue weighted by molar-refractivity contribution is 6.12. The maximum Gasteiger partial charge on any atom is 0.343 e. The number of unbranched alkanes of at least 4 members (excludes halogenated alkanes) is 2. The van der Waals surface area contributed by atoms with Gasteiger partial charge in [-0.05, 0) is 86.6 Å². The number of amides is 7. The number of esters is 2. The molecule has 0 spiro atoms. The fourth-order valence-electron chi connectivity index (χ4n) is 11.0. The number of hydrogen-bond acceptors (Lipinski definition) is 15. The number of aryl methyl sites for hydroxylation is 1. The summed E-state index contributed by atoms with van der Waals surface area (Å²) in [5, 5.41) is 25.5. The number of carbonyl (C=O) groups is 9. The third kappa shape index (κ3) is 12.0. The summed E-state index contributed by atoms with van der Waals surface area (Å²) in [4.78, 5) is 134. The van der Waals surface area contributed by atoms with E-state index in [9.17, 15) is 53.1 Å². The van der Waals surface area contributed by atoms with Crippen LogP contribution in [0.15, 0.2) is 59.4 Å². The van der Waals surface area contributed by atoms with Crippen molar-refractivity contribution >= 4 is 64.2 Å². The Morgan fingerprint density at radius 1 is 0.899 bits per heavy atom. The smallest absolute Gasteiger partial charge is 0.343 e. The first-order valence-corrected chi connectivity index (χ1v) is 26.5. The molecule has 9 rings (SSSR count). The minimum absolute atomic E-state index is 0.0327. The average Bonchev–Trinajstić information content (AvgIpc) is 3.45. The van der Waals surface area contributed by atoms with Crippen LogP contribution in [-0.2, 0) is 89.0 Å². The molecule has 2 aromatic heterocycles. The number of ether oxygens (including phenoxy) is 3. The van der Waals surface area contributed by atoms with Crippen molar-refractivity contribution in [3.8, 4) is 11.4 Å². The van der Waals surface area contributed by atoms with E-state index in [-0.39, 0.29) is 80.6 Å². The first kappa shape index (κ1) is 55.6. The highest BCUT2D eigenvalue weighted by atomic mass is 19.1. The number of pyridine rings is 2. The van der Waals surface area contributed by atoms with Crippen molar-refractivity contribution in [3.63, 3.8) is 0 Å². The molecule has 416 valence electrons. The number of nitrogens with one attached hydrogen (secondary N) is 5. The lowest BCUT2D eigenvalue weighted by Crippen LogP contribution is -2.51. The van der Waals surface area contributed by atoms with E-state index in [1.807, 2.05) is 0 Å². The molecule has 0 bridgehead atoms. The lowest BCUT2D eigenvalue weighted by atomic mass is 9.81. The Bertz CT molecular complexity index is 3240. The van der Waals surface area contributed by atoms with Crippen molar-refractivity contribution in [2.45, 2.75) is 121 Å². The van der Waals surface area contributed by atoms with Crippen LogP contribution in [0.5, 0.6) is 0 Å². The van der Waals surface area contributed by atoms with Crippen LogP contribution in [0.25, 0.3) is 22.3 Å². The van der Waals surface area contributed by atoms with Crippen molar-refractivity contribution < 1.29 is 66.9 Å². The van der Waals surface area contributed by atoms with Gasteiger partial charge in [-0.3, -0.25) is 48.1 Å². The van der Waals surface area contributed by atoms with Crippen LogP contribution in [0.4, 0.5) is 4.39 Å². The Morgan fingerprint density at radius 2 is 1.67 bits per heavy atom. The summed E-state index contributed by atoms with van der Waals surface area (Å²) in [6, 6.07) is 10.0. The SMILES string of the molecule is CC[C@@]1(O)C(=O)OCc2c1cc1n(c2=O)Cc2c-1nc1cc(F)c(C)c3c1c2C(NC(=O)C1CCC(OCNC(=O)CNC(=O)[C@H](Cc2ccccc2)NC(=O)COC(=O)CNC(=O)CCCCCN2C(=O)C=CC2=O)C1)CC3. The predicted molar refractivity (Wildman–Crippen MR) is 277 cm³/mol. The van der Waals surface area contributed by atoms with Gasteiger partial charge in [0, 0.05) is 60.0 Å². The summed E-state index contributed by atoms with van der Waals surface area (Å²) < 4.78 is 33.2. The standard InChI is InChI=1S/C56H61FN8O14/c1-3-56(76)37-22-42-51-35(26-65(42)54(74)36(37)27-78-55(56)75)50-39(16-15-34-30(2)38(57)23-40(62-51)49(34)50)63-52(72)32-13-14-33(21-32)79-29-60-44(67)24-59-53(73)41(20-31-10-6-4-7-11-31)61-45(68)28-77-48(71)25-58-43(66)12-8-5-9-19-64-46(69)17-18-47(64)70/h4,6-7,10-11,17-18,22-23,32-33,39,41,76H,3,5,8-9,12-16,19-21,24-29H2,1-2H3,(H,58,66)(H,59,73)(H,60,67)(H,61,68)(H,63,72)/t32?,33?,39?,41-,56-/m0/s1. The molecule has 79 heavy (non-hydrogen) atoms. The number of fused-ring (bicyclic) bond motifs is 5. The van der Waals surface area contributed by atoms with E-state index in [1.165, 1.54) is 22.8 Å². The molecule has 4 aromatic rings. The number of halogens is 1. The van der Waals surface area contributed by atoms with Crippen LogP contribution >= 0.6 is 0 Å². The third-order valence-electron chi connectivity index (χ3n) is 15.4. The minimum Gasteiger partial charge on any atom is -0.458 e. The molecule has 1 fully saturated rings. The van der Waals surface area contributed by atoms with E-state index in [4.69, 9.17) is 19.2 Å². The van der Waals surface area contributed by atoms with Gasteiger partial charge in [0.2, 0.25) is 23.6 Å². The van der Waals surface area contributed by atoms with Gasteiger partial charge < -0.3 is 50.5 Å². The molecule has 2 aliphatic carbocycles. The topological polar surface area (TPSA) is 300 Å². The number of carbonyl (C=O) groups excluding carboxylic acids is 9. The molecular formula is C56H61FN8O14. The number of rotatable bonds is 22. The zero-order valence-corrected chi connectivity index (χ0v) is 43.7. The number of aliphatic hydroxyl groups is 1. The van der Waals surface area contributed by atoms with Gasteiger partial charge in [0.15, 0.2) is 12.2 Å². The first-order valence-electron chi connectivity index (χ1n) is 26.5. The van der Waals surface area contributed by atoms with Gasteiger partial charge in [0.05, 0.1) is 47.7 Å². The lowest BCUT2D eigenvalue weighted by molar-refractivity contribution is -0.172. The Hall–Kier alpha value is -8.18. The Morgan fingerprint density at radius 3 is 2.43 bits per heavy atom. The number of nitrogens with zero attached hydrogens (tertiary/aromatic N) is 3. The second-order valence-electron chi connectivity index (χ2n) is 20.4. The van der Waals surface area contributed by atoms with Crippen LogP contribution in [0, 0.1) is 18.7 Å². The van der Waals surface area contributed by atoms with E-state index in [0.29, 0.717) is 90.3 Å². The second kappa shape index (κ2) is 23.8. The van der Waals surface area contributed by atoms with Gasteiger partial charge >= 0.3 is 11.9 Å². The summed E-state index contributed by atoms with van der Waals surface area (Å²) in [7, 11) is 0. The third-order valence-corrected chi connectivity index (χ3v) is 15.4. The fraction of sp³-hybridized carbons (Fsp3) is 0.446. The normalized spacial score (nSPS) is 20.0. The molecule has 3 aliphatic heterocycles. The molecule has 22 nitrogen and oxygen atoms in total. The van der Waals surface area contributed by atoms with Crippen molar-refractivity contribution in [2.24, 2.45) is 5.92 Å². The first-order chi connectivity index (χ1) is 37.9. The number of benzene rings is 2. The van der Waals surface area contributed by atoms with E-state index in [2.05, 4.69) is 26.6 Å². The van der Waals surface area contributed by atoms with Crippen molar-refractivity contribution in [1.82, 2.24) is 41.0 Å². The average molecular weight is 1090 g/mol. The molecular weight excluding hydrogens is 1030 g/mol.